The van der Waals surface area contributed by atoms with Crippen molar-refractivity contribution in [2.24, 2.45) is 22.7 Å². The lowest BCUT2D eigenvalue weighted by atomic mass is 9.60. The Balaban J connectivity index is 2.64. The first-order valence-corrected chi connectivity index (χ1v) is 7.45. The van der Waals surface area contributed by atoms with E-state index in [2.05, 4.69) is 34.6 Å². The summed E-state index contributed by atoms with van der Waals surface area (Å²) in [5.74, 6) is 2.54. The molecule has 1 saturated carbocycles. The van der Waals surface area contributed by atoms with Crippen molar-refractivity contribution in [2.45, 2.75) is 66.7 Å². The number of alkyl halides is 1. The summed E-state index contributed by atoms with van der Waals surface area (Å²) in [6, 6.07) is 0. The van der Waals surface area contributed by atoms with Crippen LogP contribution in [0.4, 0.5) is 0 Å². The highest BCUT2D eigenvalue weighted by atomic mass is 35.5. The van der Waals surface area contributed by atoms with E-state index >= 15 is 0 Å². The molecule has 96 valence electrons. The standard InChI is InChI=1S/C15H29Cl/c1-6-12(2)15(11-16)9-7-13(8-10-15)14(3,4)5/h12-13H,6-11H2,1-5H3. The molecule has 0 aromatic carbocycles. The van der Waals surface area contributed by atoms with Gasteiger partial charge in [0.25, 0.3) is 0 Å². The van der Waals surface area contributed by atoms with Gasteiger partial charge in [0.15, 0.2) is 0 Å². The molecule has 1 fully saturated rings. The minimum Gasteiger partial charge on any atom is -0.126 e. The Morgan fingerprint density at radius 2 is 1.75 bits per heavy atom. The molecule has 1 heteroatoms. The second kappa shape index (κ2) is 5.29. The minimum atomic E-state index is 0.443. The van der Waals surface area contributed by atoms with Crippen LogP contribution in [0.15, 0.2) is 0 Å². The van der Waals surface area contributed by atoms with Crippen molar-refractivity contribution in [2.75, 3.05) is 5.88 Å². The topological polar surface area (TPSA) is 0 Å². The molecule has 0 spiro atoms. The van der Waals surface area contributed by atoms with Gasteiger partial charge < -0.3 is 0 Å². The van der Waals surface area contributed by atoms with Crippen LogP contribution in [-0.4, -0.2) is 5.88 Å². The van der Waals surface area contributed by atoms with Crippen molar-refractivity contribution in [3.63, 3.8) is 0 Å². The number of hydrogen-bond donors (Lipinski definition) is 0. The van der Waals surface area contributed by atoms with Gasteiger partial charge in [0.2, 0.25) is 0 Å². The molecule has 0 bridgehead atoms. The molecule has 1 aliphatic carbocycles. The first-order chi connectivity index (χ1) is 7.35. The van der Waals surface area contributed by atoms with Crippen LogP contribution in [0.3, 0.4) is 0 Å². The maximum absolute atomic E-state index is 6.27. The average Bonchev–Trinajstić information content (AvgIpc) is 2.26. The van der Waals surface area contributed by atoms with Crippen molar-refractivity contribution >= 4 is 11.6 Å². The van der Waals surface area contributed by atoms with Gasteiger partial charge >= 0.3 is 0 Å². The van der Waals surface area contributed by atoms with Gasteiger partial charge in [0, 0.05) is 5.88 Å². The highest BCUT2D eigenvalue weighted by Gasteiger charge is 2.40. The van der Waals surface area contributed by atoms with E-state index in [0.717, 1.165) is 17.7 Å². The third-order valence-electron chi connectivity index (χ3n) is 5.13. The Bertz CT molecular complexity index is 206. The maximum atomic E-state index is 6.27. The quantitative estimate of drug-likeness (QED) is 0.576. The van der Waals surface area contributed by atoms with E-state index in [-0.39, 0.29) is 0 Å². The summed E-state index contributed by atoms with van der Waals surface area (Å²) in [7, 11) is 0. The molecule has 0 aromatic heterocycles. The first kappa shape index (κ1) is 14.4. The van der Waals surface area contributed by atoms with Crippen molar-refractivity contribution in [3.05, 3.63) is 0 Å². The van der Waals surface area contributed by atoms with E-state index in [4.69, 9.17) is 11.6 Å². The van der Waals surface area contributed by atoms with Gasteiger partial charge in [0.05, 0.1) is 0 Å². The highest BCUT2D eigenvalue weighted by Crippen LogP contribution is 2.50. The van der Waals surface area contributed by atoms with Gasteiger partial charge in [-0.1, -0.05) is 41.0 Å². The average molecular weight is 245 g/mol. The van der Waals surface area contributed by atoms with Crippen LogP contribution in [-0.2, 0) is 0 Å². The van der Waals surface area contributed by atoms with Crippen LogP contribution in [0.5, 0.6) is 0 Å². The molecule has 0 aliphatic heterocycles. The zero-order chi connectivity index (χ0) is 12.4. The van der Waals surface area contributed by atoms with Gasteiger partial charge in [-0.3, -0.25) is 0 Å². The molecule has 1 atom stereocenters. The summed E-state index contributed by atoms with van der Waals surface area (Å²) in [5, 5.41) is 0. The van der Waals surface area contributed by atoms with Crippen molar-refractivity contribution in [1.29, 1.82) is 0 Å². The summed E-state index contributed by atoms with van der Waals surface area (Å²) in [6.07, 6.45) is 6.70. The third-order valence-corrected chi connectivity index (χ3v) is 5.66. The number of halogens is 1. The van der Waals surface area contributed by atoms with E-state index in [1.54, 1.807) is 0 Å². The van der Waals surface area contributed by atoms with Gasteiger partial charge in [-0.05, 0) is 48.3 Å². The predicted octanol–water partition coefficient (Wildman–Crippen LogP) is 5.49. The summed E-state index contributed by atoms with van der Waals surface area (Å²) < 4.78 is 0. The predicted molar refractivity (Wildman–Crippen MR) is 74.0 cm³/mol. The normalized spacial score (nSPS) is 33.8. The zero-order valence-electron chi connectivity index (χ0n) is 11.8. The van der Waals surface area contributed by atoms with Gasteiger partial charge in [-0.25, -0.2) is 0 Å². The minimum absolute atomic E-state index is 0.443. The van der Waals surface area contributed by atoms with Gasteiger partial charge in [-0.2, -0.15) is 0 Å². The number of rotatable bonds is 3. The van der Waals surface area contributed by atoms with Crippen LogP contribution in [0, 0.1) is 22.7 Å². The Morgan fingerprint density at radius 3 is 2.06 bits per heavy atom. The summed E-state index contributed by atoms with van der Waals surface area (Å²) in [6.45, 7) is 11.8. The van der Waals surface area contributed by atoms with Crippen LogP contribution < -0.4 is 0 Å². The van der Waals surface area contributed by atoms with Crippen molar-refractivity contribution in [3.8, 4) is 0 Å². The monoisotopic (exact) mass is 244 g/mol. The van der Waals surface area contributed by atoms with E-state index in [1.165, 1.54) is 32.1 Å². The van der Waals surface area contributed by atoms with Gasteiger partial charge in [0.1, 0.15) is 0 Å². The molecule has 0 nitrogen and oxygen atoms in total. The zero-order valence-corrected chi connectivity index (χ0v) is 12.5. The van der Waals surface area contributed by atoms with E-state index in [1.807, 2.05) is 0 Å². The molecule has 0 radical (unpaired) electrons. The SMILES string of the molecule is CCC(C)C1(CCl)CCC(C(C)(C)C)CC1. The fourth-order valence-corrected chi connectivity index (χ4v) is 3.78. The fraction of sp³-hybridized carbons (Fsp3) is 1.00. The largest absolute Gasteiger partial charge is 0.126 e. The molecule has 0 heterocycles. The van der Waals surface area contributed by atoms with Crippen molar-refractivity contribution < 1.29 is 0 Å². The van der Waals surface area contributed by atoms with E-state index in [0.29, 0.717) is 10.8 Å². The Labute approximate surface area is 107 Å². The Morgan fingerprint density at radius 1 is 1.25 bits per heavy atom. The lowest BCUT2D eigenvalue weighted by Gasteiger charge is -2.46. The highest BCUT2D eigenvalue weighted by molar-refractivity contribution is 6.18. The summed E-state index contributed by atoms with van der Waals surface area (Å²) in [4.78, 5) is 0. The second-order valence-electron chi connectivity index (χ2n) is 6.95. The molecular formula is C15H29Cl. The second-order valence-corrected chi connectivity index (χ2v) is 7.21. The molecule has 0 amide bonds. The van der Waals surface area contributed by atoms with E-state index in [9.17, 15) is 0 Å². The fourth-order valence-electron chi connectivity index (χ4n) is 3.25. The molecule has 0 saturated heterocycles. The van der Waals surface area contributed by atoms with Gasteiger partial charge in [-0.15, -0.1) is 11.6 Å². The molecule has 0 aromatic rings. The molecule has 1 rings (SSSR count). The molecule has 1 unspecified atom stereocenters. The maximum Gasteiger partial charge on any atom is 0.0282 e. The third kappa shape index (κ3) is 2.94. The van der Waals surface area contributed by atoms with Crippen LogP contribution in [0.2, 0.25) is 0 Å². The first-order valence-electron chi connectivity index (χ1n) is 6.91. The van der Waals surface area contributed by atoms with Crippen molar-refractivity contribution in [1.82, 2.24) is 0 Å². The summed E-state index contributed by atoms with van der Waals surface area (Å²) in [5.41, 5.74) is 0.923. The molecule has 16 heavy (non-hydrogen) atoms. The molecule has 1 aliphatic rings. The van der Waals surface area contributed by atoms with Crippen LogP contribution in [0.25, 0.3) is 0 Å². The summed E-state index contributed by atoms with van der Waals surface area (Å²) >= 11 is 6.27. The smallest absolute Gasteiger partial charge is 0.0282 e. The van der Waals surface area contributed by atoms with Crippen LogP contribution in [0.1, 0.15) is 66.7 Å². The Hall–Kier alpha value is 0.290. The molecule has 0 N–H and O–H groups in total. The Kier molecular flexibility index (Phi) is 4.75. The lowest BCUT2D eigenvalue weighted by molar-refractivity contribution is 0.0614. The van der Waals surface area contributed by atoms with E-state index < -0.39 is 0 Å². The molecular weight excluding hydrogens is 216 g/mol. The van der Waals surface area contributed by atoms with Crippen LogP contribution >= 0.6 is 11.6 Å². The lowest BCUT2D eigenvalue weighted by Crippen LogP contribution is -2.38. The number of hydrogen-bond acceptors (Lipinski definition) is 0.